The summed E-state index contributed by atoms with van der Waals surface area (Å²) in [7, 11) is 0. The predicted molar refractivity (Wildman–Crippen MR) is 68.7 cm³/mol. The Labute approximate surface area is 99.9 Å². The van der Waals surface area contributed by atoms with Crippen LogP contribution in [0.2, 0.25) is 0 Å². The second kappa shape index (κ2) is 4.58. The maximum Gasteiger partial charge on any atom is 0.123 e. The highest BCUT2D eigenvalue weighted by Crippen LogP contribution is 2.30. The Morgan fingerprint density at radius 1 is 1.12 bits per heavy atom. The third kappa shape index (κ3) is 2.55. The molecule has 1 aromatic carbocycles. The first-order chi connectivity index (χ1) is 7.65. The second-order valence-corrected chi connectivity index (χ2v) is 4.91. The minimum Gasteiger partial charge on any atom is -0.384 e. The Balaban J connectivity index is 2.23. The molecule has 0 fully saturated rings. The van der Waals surface area contributed by atoms with Crippen LogP contribution >= 0.6 is 11.8 Å². The van der Waals surface area contributed by atoms with Gasteiger partial charge in [-0.05, 0) is 37.6 Å². The van der Waals surface area contributed by atoms with Crippen LogP contribution in [0.25, 0.3) is 0 Å². The summed E-state index contributed by atoms with van der Waals surface area (Å²) in [5.41, 5.74) is 8.13. The fourth-order valence-electron chi connectivity index (χ4n) is 1.49. The molecule has 2 rings (SSSR count). The number of nitrogen functional groups attached to an aromatic ring is 1. The van der Waals surface area contributed by atoms with Crippen molar-refractivity contribution in [3.63, 3.8) is 0 Å². The molecule has 0 saturated carbocycles. The molecule has 0 spiro atoms. The van der Waals surface area contributed by atoms with Crippen molar-refractivity contribution in [1.29, 1.82) is 0 Å². The summed E-state index contributed by atoms with van der Waals surface area (Å²) in [5, 5.41) is 0. The van der Waals surface area contributed by atoms with Crippen molar-refractivity contribution in [2.24, 2.45) is 0 Å². The van der Waals surface area contributed by atoms with E-state index in [9.17, 15) is 0 Å². The minimum absolute atomic E-state index is 0.560. The lowest BCUT2D eigenvalue weighted by molar-refractivity contribution is 1.22. The molecule has 0 aliphatic rings. The van der Waals surface area contributed by atoms with Crippen LogP contribution in [0.1, 0.15) is 11.1 Å². The van der Waals surface area contributed by atoms with Gasteiger partial charge in [-0.15, -0.1) is 0 Å². The number of benzene rings is 1. The monoisotopic (exact) mass is 230 g/mol. The molecule has 0 bridgehead atoms. The van der Waals surface area contributed by atoms with E-state index >= 15 is 0 Å². The van der Waals surface area contributed by atoms with Gasteiger partial charge in [-0.2, -0.15) is 0 Å². The summed E-state index contributed by atoms with van der Waals surface area (Å²) < 4.78 is 0. The van der Waals surface area contributed by atoms with E-state index in [1.807, 2.05) is 12.1 Å². The number of hydrogen-bond donors (Lipinski definition) is 1. The van der Waals surface area contributed by atoms with Crippen LogP contribution in [0.4, 0.5) is 5.82 Å². The maximum absolute atomic E-state index is 5.55. The van der Waals surface area contributed by atoms with Crippen molar-refractivity contribution >= 4 is 17.6 Å². The molecule has 16 heavy (non-hydrogen) atoms. The standard InChI is InChI=1S/C13H14N2S/c1-9-3-5-12(10(2)7-9)16-11-4-6-13(14)15-8-11/h3-8H,1-2H3,(H2,14,15). The van der Waals surface area contributed by atoms with Gasteiger partial charge in [0.2, 0.25) is 0 Å². The van der Waals surface area contributed by atoms with Crippen molar-refractivity contribution < 1.29 is 0 Å². The van der Waals surface area contributed by atoms with Gasteiger partial charge in [0.15, 0.2) is 0 Å². The normalized spacial score (nSPS) is 10.4. The lowest BCUT2D eigenvalue weighted by Gasteiger charge is -2.06. The van der Waals surface area contributed by atoms with Crippen LogP contribution in [0.3, 0.4) is 0 Å². The van der Waals surface area contributed by atoms with Crippen LogP contribution in [0.5, 0.6) is 0 Å². The Kier molecular flexibility index (Phi) is 3.15. The largest absolute Gasteiger partial charge is 0.384 e. The quantitative estimate of drug-likeness (QED) is 0.859. The van der Waals surface area contributed by atoms with Crippen molar-refractivity contribution in [2.45, 2.75) is 23.6 Å². The Morgan fingerprint density at radius 3 is 2.56 bits per heavy atom. The highest BCUT2D eigenvalue weighted by molar-refractivity contribution is 7.99. The second-order valence-electron chi connectivity index (χ2n) is 3.79. The summed E-state index contributed by atoms with van der Waals surface area (Å²) in [4.78, 5) is 6.45. The van der Waals surface area contributed by atoms with E-state index in [-0.39, 0.29) is 0 Å². The zero-order valence-electron chi connectivity index (χ0n) is 9.40. The van der Waals surface area contributed by atoms with Crippen molar-refractivity contribution in [2.75, 3.05) is 5.73 Å². The van der Waals surface area contributed by atoms with Crippen molar-refractivity contribution in [3.8, 4) is 0 Å². The summed E-state index contributed by atoms with van der Waals surface area (Å²) in [6.45, 7) is 4.23. The zero-order valence-corrected chi connectivity index (χ0v) is 10.2. The van der Waals surface area contributed by atoms with Gasteiger partial charge in [-0.1, -0.05) is 29.5 Å². The van der Waals surface area contributed by atoms with E-state index in [1.54, 1.807) is 18.0 Å². The van der Waals surface area contributed by atoms with Crippen LogP contribution in [-0.4, -0.2) is 4.98 Å². The van der Waals surface area contributed by atoms with Crippen molar-refractivity contribution in [1.82, 2.24) is 4.98 Å². The van der Waals surface area contributed by atoms with Gasteiger partial charge in [-0.25, -0.2) is 4.98 Å². The van der Waals surface area contributed by atoms with E-state index in [2.05, 4.69) is 37.0 Å². The van der Waals surface area contributed by atoms with Gasteiger partial charge in [0, 0.05) is 16.0 Å². The number of rotatable bonds is 2. The SMILES string of the molecule is Cc1ccc(Sc2ccc(N)nc2)c(C)c1. The third-order valence-corrected chi connectivity index (χ3v) is 3.47. The molecule has 3 heteroatoms. The molecule has 0 amide bonds. The number of pyridine rings is 1. The van der Waals surface area contributed by atoms with Crippen LogP contribution in [0, 0.1) is 13.8 Å². The summed E-state index contributed by atoms with van der Waals surface area (Å²) in [6.07, 6.45) is 1.80. The van der Waals surface area contributed by atoms with Crippen LogP contribution < -0.4 is 5.73 Å². The lowest BCUT2D eigenvalue weighted by atomic mass is 10.2. The van der Waals surface area contributed by atoms with E-state index in [1.165, 1.54) is 16.0 Å². The highest BCUT2D eigenvalue weighted by Gasteiger charge is 2.01. The molecular formula is C13H14N2S. The summed E-state index contributed by atoms with van der Waals surface area (Å²) in [5.74, 6) is 0.560. The zero-order chi connectivity index (χ0) is 11.5. The summed E-state index contributed by atoms with van der Waals surface area (Å²) in [6, 6.07) is 10.3. The van der Waals surface area contributed by atoms with Gasteiger partial charge >= 0.3 is 0 Å². The van der Waals surface area contributed by atoms with Crippen LogP contribution in [0.15, 0.2) is 46.3 Å². The number of aryl methyl sites for hydroxylation is 2. The van der Waals surface area contributed by atoms with Gasteiger partial charge in [-0.3, -0.25) is 0 Å². The minimum atomic E-state index is 0.560. The molecule has 2 N–H and O–H groups in total. The number of anilines is 1. The van der Waals surface area contributed by atoms with Gasteiger partial charge < -0.3 is 5.73 Å². The first-order valence-electron chi connectivity index (χ1n) is 5.12. The number of hydrogen-bond acceptors (Lipinski definition) is 3. The molecule has 0 atom stereocenters. The number of aromatic nitrogens is 1. The molecule has 2 nitrogen and oxygen atoms in total. The van der Waals surface area contributed by atoms with Crippen LogP contribution in [-0.2, 0) is 0 Å². The Morgan fingerprint density at radius 2 is 1.94 bits per heavy atom. The molecule has 1 aromatic heterocycles. The highest BCUT2D eigenvalue weighted by atomic mass is 32.2. The van der Waals surface area contributed by atoms with Crippen molar-refractivity contribution in [3.05, 3.63) is 47.7 Å². The fourth-order valence-corrected chi connectivity index (χ4v) is 2.34. The fraction of sp³-hybridized carbons (Fsp3) is 0.154. The maximum atomic E-state index is 5.55. The van der Waals surface area contributed by atoms with E-state index in [4.69, 9.17) is 5.73 Å². The molecule has 1 heterocycles. The topological polar surface area (TPSA) is 38.9 Å². The molecule has 0 unspecified atom stereocenters. The van der Waals surface area contributed by atoms with Gasteiger partial charge in [0.05, 0.1) is 0 Å². The average molecular weight is 230 g/mol. The summed E-state index contributed by atoms with van der Waals surface area (Å²) >= 11 is 1.71. The smallest absolute Gasteiger partial charge is 0.123 e. The Bertz CT molecular complexity index is 492. The predicted octanol–water partition coefficient (Wildman–Crippen LogP) is 3.43. The van der Waals surface area contributed by atoms with E-state index in [0.717, 1.165) is 4.90 Å². The molecule has 2 aromatic rings. The molecule has 0 aliphatic heterocycles. The van der Waals surface area contributed by atoms with Gasteiger partial charge in [0.1, 0.15) is 5.82 Å². The lowest BCUT2D eigenvalue weighted by Crippen LogP contribution is -1.88. The molecule has 82 valence electrons. The molecule has 0 saturated heterocycles. The molecule has 0 radical (unpaired) electrons. The number of nitrogens with two attached hydrogens (primary N) is 1. The average Bonchev–Trinajstić information content (AvgIpc) is 2.25. The van der Waals surface area contributed by atoms with E-state index in [0.29, 0.717) is 5.82 Å². The third-order valence-electron chi connectivity index (χ3n) is 2.32. The Hall–Kier alpha value is -1.48. The molecular weight excluding hydrogens is 216 g/mol. The van der Waals surface area contributed by atoms with Gasteiger partial charge in [0.25, 0.3) is 0 Å². The first kappa shape index (κ1) is 11.0. The number of nitrogens with zero attached hydrogens (tertiary/aromatic N) is 1. The first-order valence-corrected chi connectivity index (χ1v) is 5.93. The van der Waals surface area contributed by atoms with E-state index < -0.39 is 0 Å². The molecule has 0 aliphatic carbocycles.